The van der Waals surface area contributed by atoms with Crippen molar-refractivity contribution in [2.24, 2.45) is 5.92 Å². The summed E-state index contributed by atoms with van der Waals surface area (Å²) in [5.41, 5.74) is 6.44. The molecule has 2 rings (SSSR count). The van der Waals surface area contributed by atoms with Crippen LogP contribution in [0, 0.1) is 12.8 Å². The Morgan fingerprint density at radius 3 is 2.65 bits per heavy atom. The predicted octanol–water partition coefficient (Wildman–Crippen LogP) is 1.35. The molecular formula is C15H17BrN2O4S. The predicted molar refractivity (Wildman–Crippen MR) is 91.0 cm³/mol. The fraction of sp³-hybridized carbons (Fsp3) is 0.333. The molecule has 0 bridgehead atoms. The third-order valence-corrected chi connectivity index (χ3v) is 5.94. The van der Waals surface area contributed by atoms with Gasteiger partial charge in [-0.15, -0.1) is 0 Å². The minimum atomic E-state index is -3.13. The fourth-order valence-electron chi connectivity index (χ4n) is 2.20. The van der Waals surface area contributed by atoms with E-state index in [1.807, 2.05) is 25.1 Å². The first-order valence-electron chi connectivity index (χ1n) is 7.01. The van der Waals surface area contributed by atoms with Crippen LogP contribution in [-0.2, 0) is 19.4 Å². The molecule has 0 spiro atoms. The number of aryl methyl sites for hydroxylation is 1. The molecular weight excluding hydrogens is 384 g/mol. The SMILES string of the molecule is Cc1ccc(/C=C/C(=O)NNC(=O)[C@H]2CCS(=O)(=O)C2)c(Br)c1. The number of rotatable bonds is 3. The van der Waals surface area contributed by atoms with Crippen molar-refractivity contribution in [1.29, 1.82) is 0 Å². The molecule has 1 aliphatic heterocycles. The average molecular weight is 401 g/mol. The van der Waals surface area contributed by atoms with Crippen molar-refractivity contribution >= 4 is 43.7 Å². The summed E-state index contributed by atoms with van der Waals surface area (Å²) in [4.78, 5) is 23.5. The lowest BCUT2D eigenvalue weighted by Crippen LogP contribution is -2.44. The number of halogens is 1. The fourth-order valence-corrected chi connectivity index (χ4v) is 4.57. The van der Waals surface area contributed by atoms with E-state index >= 15 is 0 Å². The second-order valence-corrected chi connectivity index (χ2v) is 8.52. The van der Waals surface area contributed by atoms with E-state index in [-0.39, 0.29) is 17.9 Å². The van der Waals surface area contributed by atoms with Gasteiger partial charge in [-0.25, -0.2) is 8.42 Å². The number of hydrogen-bond donors (Lipinski definition) is 2. The zero-order valence-electron chi connectivity index (χ0n) is 12.5. The van der Waals surface area contributed by atoms with Crippen molar-refractivity contribution in [2.75, 3.05) is 11.5 Å². The molecule has 23 heavy (non-hydrogen) atoms. The van der Waals surface area contributed by atoms with Gasteiger partial charge in [0, 0.05) is 10.5 Å². The van der Waals surface area contributed by atoms with E-state index in [4.69, 9.17) is 0 Å². The minimum Gasteiger partial charge on any atom is -0.273 e. The molecule has 1 saturated heterocycles. The highest BCUT2D eigenvalue weighted by Gasteiger charge is 2.32. The molecule has 1 heterocycles. The van der Waals surface area contributed by atoms with E-state index in [1.165, 1.54) is 6.08 Å². The van der Waals surface area contributed by atoms with E-state index < -0.39 is 27.6 Å². The first-order chi connectivity index (χ1) is 10.8. The van der Waals surface area contributed by atoms with Crippen LogP contribution in [0.1, 0.15) is 17.5 Å². The summed E-state index contributed by atoms with van der Waals surface area (Å²) >= 11 is 3.41. The monoisotopic (exact) mass is 400 g/mol. The minimum absolute atomic E-state index is 0.0143. The highest BCUT2D eigenvalue weighted by molar-refractivity contribution is 9.10. The molecule has 1 fully saturated rings. The van der Waals surface area contributed by atoms with Gasteiger partial charge in [0.15, 0.2) is 9.84 Å². The van der Waals surface area contributed by atoms with Gasteiger partial charge in [-0.1, -0.05) is 28.1 Å². The quantitative estimate of drug-likeness (QED) is 0.591. The van der Waals surface area contributed by atoms with Gasteiger partial charge >= 0.3 is 0 Å². The van der Waals surface area contributed by atoms with Gasteiger partial charge in [-0.05, 0) is 36.6 Å². The maximum atomic E-state index is 11.8. The Morgan fingerprint density at radius 1 is 1.30 bits per heavy atom. The molecule has 8 heteroatoms. The van der Waals surface area contributed by atoms with Crippen LogP contribution in [0.25, 0.3) is 6.08 Å². The number of amides is 2. The third-order valence-electron chi connectivity index (χ3n) is 3.48. The van der Waals surface area contributed by atoms with Crippen LogP contribution in [0.15, 0.2) is 28.7 Å². The van der Waals surface area contributed by atoms with Crippen molar-refractivity contribution in [3.63, 3.8) is 0 Å². The lowest BCUT2D eigenvalue weighted by molar-refractivity contribution is -0.129. The molecule has 6 nitrogen and oxygen atoms in total. The van der Waals surface area contributed by atoms with E-state index in [9.17, 15) is 18.0 Å². The number of benzene rings is 1. The van der Waals surface area contributed by atoms with Crippen molar-refractivity contribution in [3.05, 3.63) is 39.9 Å². The van der Waals surface area contributed by atoms with Crippen LogP contribution in [0.4, 0.5) is 0 Å². The first-order valence-corrected chi connectivity index (χ1v) is 9.63. The van der Waals surface area contributed by atoms with Gasteiger partial charge in [0.25, 0.3) is 5.91 Å². The Labute approximate surface area is 143 Å². The van der Waals surface area contributed by atoms with Crippen molar-refractivity contribution in [3.8, 4) is 0 Å². The Bertz CT molecular complexity index is 759. The first kappa shape index (κ1) is 17.7. The number of carbonyl (C=O) groups excluding carboxylic acids is 2. The molecule has 0 unspecified atom stereocenters. The Balaban J connectivity index is 1.85. The molecule has 1 aromatic carbocycles. The van der Waals surface area contributed by atoms with Gasteiger partial charge in [0.2, 0.25) is 5.91 Å². The summed E-state index contributed by atoms with van der Waals surface area (Å²) in [5, 5.41) is 0. The largest absolute Gasteiger partial charge is 0.273 e. The van der Waals surface area contributed by atoms with Crippen LogP contribution in [0.2, 0.25) is 0 Å². The lowest BCUT2D eigenvalue weighted by atomic mass is 10.1. The maximum Gasteiger partial charge on any atom is 0.262 e. The number of nitrogens with one attached hydrogen (secondary N) is 2. The second kappa shape index (κ2) is 7.27. The highest BCUT2D eigenvalue weighted by Crippen LogP contribution is 2.19. The Morgan fingerprint density at radius 2 is 2.04 bits per heavy atom. The van der Waals surface area contributed by atoms with Crippen LogP contribution in [0.5, 0.6) is 0 Å². The van der Waals surface area contributed by atoms with Gasteiger partial charge in [-0.3, -0.25) is 20.4 Å². The third kappa shape index (κ3) is 5.18. The molecule has 0 aromatic heterocycles. The summed E-state index contributed by atoms with van der Waals surface area (Å²) in [6.45, 7) is 1.96. The van der Waals surface area contributed by atoms with Gasteiger partial charge < -0.3 is 0 Å². The number of hydrazine groups is 1. The topological polar surface area (TPSA) is 92.3 Å². The molecule has 0 saturated carbocycles. The number of hydrogen-bond acceptors (Lipinski definition) is 4. The zero-order chi connectivity index (χ0) is 17.0. The summed E-state index contributed by atoms with van der Waals surface area (Å²) in [7, 11) is -3.13. The molecule has 1 aromatic rings. The van der Waals surface area contributed by atoms with Crippen LogP contribution in [0.3, 0.4) is 0 Å². The lowest BCUT2D eigenvalue weighted by Gasteiger charge is -2.09. The zero-order valence-corrected chi connectivity index (χ0v) is 14.9. The normalized spacial score (nSPS) is 19.7. The van der Waals surface area contributed by atoms with Crippen molar-refractivity contribution in [2.45, 2.75) is 13.3 Å². The standard InChI is InChI=1S/C15H17BrN2O4S/c1-10-2-3-11(13(16)8-10)4-5-14(19)17-18-15(20)12-6-7-23(21,22)9-12/h2-5,8,12H,6-7,9H2,1H3,(H,17,19)(H,18,20)/b5-4+/t12-/m0/s1. The van der Waals surface area contributed by atoms with Crippen LogP contribution in [-0.4, -0.2) is 31.7 Å². The Kier molecular flexibility index (Phi) is 5.59. The number of carbonyl (C=O) groups is 2. The average Bonchev–Trinajstić information content (AvgIpc) is 2.84. The Hall–Kier alpha value is -1.67. The molecule has 1 atom stereocenters. The van der Waals surface area contributed by atoms with Crippen LogP contribution >= 0.6 is 15.9 Å². The summed E-state index contributed by atoms with van der Waals surface area (Å²) in [6.07, 6.45) is 3.20. The summed E-state index contributed by atoms with van der Waals surface area (Å²) in [5.74, 6) is -1.73. The highest BCUT2D eigenvalue weighted by atomic mass is 79.9. The second-order valence-electron chi connectivity index (χ2n) is 5.44. The van der Waals surface area contributed by atoms with Crippen molar-refractivity contribution < 1.29 is 18.0 Å². The smallest absolute Gasteiger partial charge is 0.262 e. The van der Waals surface area contributed by atoms with E-state index in [0.29, 0.717) is 0 Å². The van der Waals surface area contributed by atoms with Gasteiger partial charge in [0.05, 0.1) is 17.4 Å². The number of sulfone groups is 1. The molecule has 0 aliphatic carbocycles. The molecule has 2 N–H and O–H groups in total. The van der Waals surface area contributed by atoms with E-state index in [2.05, 4.69) is 26.8 Å². The van der Waals surface area contributed by atoms with Gasteiger partial charge in [-0.2, -0.15) is 0 Å². The summed E-state index contributed by atoms with van der Waals surface area (Å²) < 4.78 is 23.5. The molecule has 124 valence electrons. The van der Waals surface area contributed by atoms with E-state index in [1.54, 1.807) is 6.08 Å². The molecule has 0 radical (unpaired) electrons. The summed E-state index contributed by atoms with van der Waals surface area (Å²) in [6, 6.07) is 5.72. The molecule has 2 amide bonds. The van der Waals surface area contributed by atoms with Crippen molar-refractivity contribution in [1.82, 2.24) is 10.9 Å². The van der Waals surface area contributed by atoms with Gasteiger partial charge in [0.1, 0.15) is 0 Å². The molecule has 1 aliphatic rings. The van der Waals surface area contributed by atoms with Crippen LogP contribution < -0.4 is 10.9 Å². The maximum absolute atomic E-state index is 11.8. The van der Waals surface area contributed by atoms with E-state index in [0.717, 1.165) is 15.6 Å².